The van der Waals surface area contributed by atoms with Crippen LogP contribution in [0.5, 0.6) is 0 Å². The summed E-state index contributed by atoms with van der Waals surface area (Å²) in [6.07, 6.45) is 5.54. The van der Waals surface area contributed by atoms with E-state index < -0.39 is 5.60 Å². The number of carbonyl (C=O) groups excluding carboxylic acids is 1. The minimum Gasteiger partial charge on any atom is -0.387 e. The van der Waals surface area contributed by atoms with E-state index in [-0.39, 0.29) is 11.9 Å². The summed E-state index contributed by atoms with van der Waals surface area (Å²) in [6.45, 7) is 7.08. The molecule has 18 heavy (non-hydrogen) atoms. The van der Waals surface area contributed by atoms with Gasteiger partial charge in [-0.2, -0.15) is 0 Å². The van der Waals surface area contributed by atoms with Crippen LogP contribution in [0.3, 0.4) is 0 Å². The molecule has 2 fully saturated rings. The van der Waals surface area contributed by atoms with Crippen LogP contribution in [0.25, 0.3) is 0 Å². The molecule has 2 rings (SSSR count). The summed E-state index contributed by atoms with van der Waals surface area (Å²) in [5.74, 6) is 0.245. The first-order valence-corrected chi connectivity index (χ1v) is 7.31. The molecule has 2 saturated heterocycles. The molecule has 1 atom stereocenters. The van der Waals surface area contributed by atoms with Gasteiger partial charge in [-0.05, 0) is 26.2 Å². The van der Waals surface area contributed by atoms with Gasteiger partial charge in [0.05, 0.1) is 11.6 Å². The maximum Gasteiger partial charge on any atom is 0.239 e. The quantitative estimate of drug-likeness (QED) is 0.824. The molecule has 2 heterocycles. The lowest BCUT2D eigenvalue weighted by molar-refractivity contribution is -0.151. The van der Waals surface area contributed by atoms with Crippen molar-refractivity contribution in [3.63, 3.8) is 0 Å². The molecule has 1 unspecified atom stereocenters. The Morgan fingerprint density at radius 2 is 1.78 bits per heavy atom. The Bertz CT molecular complexity index is 292. The smallest absolute Gasteiger partial charge is 0.239 e. The molecule has 2 aliphatic heterocycles. The number of β-amino-alcohol motifs (C(OH)–C–C–N with tert-alkyl or cyclic N) is 1. The highest BCUT2D eigenvalue weighted by atomic mass is 16.3. The molecule has 0 aromatic carbocycles. The maximum absolute atomic E-state index is 12.4. The van der Waals surface area contributed by atoms with Gasteiger partial charge in [0.25, 0.3) is 0 Å². The Kier molecular flexibility index (Phi) is 4.28. The Labute approximate surface area is 110 Å². The predicted molar refractivity (Wildman–Crippen MR) is 71.3 cm³/mol. The lowest BCUT2D eigenvalue weighted by Gasteiger charge is -2.49. The van der Waals surface area contributed by atoms with E-state index in [4.69, 9.17) is 0 Å². The van der Waals surface area contributed by atoms with Gasteiger partial charge in [0.2, 0.25) is 5.91 Å². The molecule has 104 valence electrons. The molecule has 0 radical (unpaired) electrons. The number of carbonyl (C=O) groups is 1. The predicted octanol–water partition coefficient (Wildman–Crippen LogP) is 1.23. The molecule has 2 aliphatic rings. The second-order valence-corrected chi connectivity index (χ2v) is 5.90. The molecule has 0 aromatic heterocycles. The highest BCUT2D eigenvalue weighted by molar-refractivity contribution is 5.81. The van der Waals surface area contributed by atoms with Crippen molar-refractivity contribution in [1.29, 1.82) is 0 Å². The lowest BCUT2D eigenvalue weighted by atomic mass is 9.89. The van der Waals surface area contributed by atoms with Crippen LogP contribution in [0.2, 0.25) is 0 Å². The van der Waals surface area contributed by atoms with Crippen molar-refractivity contribution in [3.05, 3.63) is 0 Å². The van der Waals surface area contributed by atoms with E-state index in [9.17, 15) is 9.90 Å². The fraction of sp³-hybridized carbons (Fsp3) is 0.929. The molecular weight excluding hydrogens is 228 g/mol. The molecule has 4 nitrogen and oxygen atoms in total. The van der Waals surface area contributed by atoms with Crippen molar-refractivity contribution in [2.45, 2.75) is 57.6 Å². The number of nitrogens with zero attached hydrogens (tertiary/aromatic N) is 2. The van der Waals surface area contributed by atoms with Gasteiger partial charge in [-0.25, -0.2) is 0 Å². The third-order valence-electron chi connectivity index (χ3n) is 4.48. The Morgan fingerprint density at radius 1 is 1.22 bits per heavy atom. The van der Waals surface area contributed by atoms with E-state index in [1.807, 2.05) is 18.7 Å². The van der Waals surface area contributed by atoms with E-state index >= 15 is 0 Å². The molecule has 4 heteroatoms. The second-order valence-electron chi connectivity index (χ2n) is 5.90. The lowest BCUT2D eigenvalue weighted by Crippen LogP contribution is -2.66. The van der Waals surface area contributed by atoms with Crippen LogP contribution < -0.4 is 0 Å². The number of hydrogen-bond acceptors (Lipinski definition) is 3. The topological polar surface area (TPSA) is 43.8 Å². The zero-order valence-corrected chi connectivity index (χ0v) is 11.7. The molecular formula is C14H26N2O2. The number of aliphatic hydroxyl groups is 1. The average molecular weight is 254 g/mol. The molecule has 1 amide bonds. The summed E-state index contributed by atoms with van der Waals surface area (Å²) in [4.78, 5) is 16.5. The molecule has 0 aromatic rings. The van der Waals surface area contributed by atoms with Gasteiger partial charge in [0.15, 0.2) is 0 Å². The molecule has 0 bridgehead atoms. The first-order valence-electron chi connectivity index (χ1n) is 7.31. The van der Waals surface area contributed by atoms with Crippen LogP contribution in [0.1, 0.15) is 46.0 Å². The summed E-state index contributed by atoms with van der Waals surface area (Å²) >= 11 is 0. The van der Waals surface area contributed by atoms with Crippen LogP contribution in [0.15, 0.2) is 0 Å². The fourth-order valence-corrected chi connectivity index (χ4v) is 2.92. The zero-order chi connectivity index (χ0) is 13.2. The first-order chi connectivity index (χ1) is 8.56. The number of rotatable bonds is 3. The van der Waals surface area contributed by atoms with E-state index in [0.717, 1.165) is 32.4 Å². The average Bonchev–Trinajstić information content (AvgIpc) is 2.62. The summed E-state index contributed by atoms with van der Waals surface area (Å²) in [5, 5.41) is 10.0. The van der Waals surface area contributed by atoms with E-state index in [2.05, 4.69) is 4.90 Å². The number of hydrogen-bond donors (Lipinski definition) is 1. The summed E-state index contributed by atoms with van der Waals surface area (Å²) in [7, 11) is 0. The van der Waals surface area contributed by atoms with Crippen molar-refractivity contribution < 1.29 is 9.90 Å². The summed E-state index contributed by atoms with van der Waals surface area (Å²) in [5.41, 5.74) is -0.548. The zero-order valence-electron chi connectivity index (χ0n) is 11.7. The SMILES string of the molecule is CCC1(O)CN(C(C)C(=O)N2CCCCCC2)C1. The second kappa shape index (κ2) is 5.57. The maximum atomic E-state index is 12.4. The fourth-order valence-electron chi connectivity index (χ4n) is 2.92. The van der Waals surface area contributed by atoms with Crippen LogP contribution >= 0.6 is 0 Å². The Balaban J connectivity index is 1.85. The van der Waals surface area contributed by atoms with Crippen molar-refractivity contribution >= 4 is 5.91 Å². The third kappa shape index (κ3) is 2.86. The van der Waals surface area contributed by atoms with Crippen LogP contribution in [-0.2, 0) is 4.79 Å². The minimum atomic E-state index is -0.548. The number of likely N-dealkylation sites (tertiary alicyclic amines) is 2. The van der Waals surface area contributed by atoms with Gasteiger partial charge >= 0.3 is 0 Å². The van der Waals surface area contributed by atoms with Crippen molar-refractivity contribution in [2.75, 3.05) is 26.2 Å². The highest BCUT2D eigenvalue weighted by Crippen LogP contribution is 2.27. The summed E-state index contributed by atoms with van der Waals surface area (Å²) in [6, 6.07) is -0.0741. The van der Waals surface area contributed by atoms with E-state index in [1.54, 1.807) is 0 Å². The molecule has 1 N–H and O–H groups in total. The van der Waals surface area contributed by atoms with Crippen molar-refractivity contribution in [2.24, 2.45) is 0 Å². The molecule has 0 aliphatic carbocycles. The van der Waals surface area contributed by atoms with Gasteiger partial charge in [0.1, 0.15) is 0 Å². The molecule has 0 spiro atoms. The monoisotopic (exact) mass is 254 g/mol. The molecule has 0 saturated carbocycles. The number of amides is 1. The Hall–Kier alpha value is -0.610. The van der Waals surface area contributed by atoms with E-state index in [0.29, 0.717) is 13.1 Å². The highest BCUT2D eigenvalue weighted by Gasteiger charge is 2.43. The van der Waals surface area contributed by atoms with Crippen molar-refractivity contribution in [1.82, 2.24) is 9.80 Å². The van der Waals surface area contributed by atoms with Gasteiger partial charge in [-0.15, -0.1) is 0 Å². The standard InChI is InChI=1S/C14H26N2O2/c1-3-14(18)10-16(11-14)12(2)13(17)15-8-6-4-5-7-9-15/h12,18H,3-11H2,1-2H3. The van der Waals surface area contributed by atoms with Gasteiger partial charge in [-0.1, -0.05) is 19.8 Å². The third-order valence-corrected chi connectivity index (χ3v) is 4.48. The van der Waals surface area contributed by atoms with Gasteiger partial charge < -0.3 is 10.0 Å². The van der Waals surface area contributed by atoms with Crippen LogP contribution in [0.4, 0.5) is 0 Å². The summed E-state index contributed by atoms with van der Waals surface area (Å²) < 4.78 is 0. The van der Waals surface area contributed by atoms with E-state index in [1.165, 1.54) is 12.8 Å². The van der Waals surface area contributed by atoms with Crippen LogP contribution in [-0.4, -0.2) is 58.6 Å². The van der Waals surface area contributed by atoms with Gasteiger partial charge in [0, 0.05) is 26.2 Å². The first kappa shape index (κ1) is 13.8. The normalized spacial score (nSPS) is 26.3. The van der Waals surface area contributed by atoms with Crippen LogP contribution in [0, 0.1) is 0 Å². The van der Waals surface area contributed by atoms with Gasteiger partial charge in [-0.3, -0.25) is 9.69 Å². The van der Waals surface area contributed by atoms with Crippen molar-refractivity contribution in [3.8, 4) is 0 Å². The minimum absolute atomic E-state index is 0.0741. The Morgan fingerprint density at radius 3 is 2.28 bits per heavy atom. The largest absolute Gasteiger partial charge is 0.387 e.